The number of halogens is 4. The second kappa shape index (κ2) is 14.3. The molecule has 5 aromatic rings. The number of pyridine rings is 4. The van der Waals surface area contributed by atoms with Gasteiger partial charge in [-0.2, -0.15) is 0 Å². The lowest BCUT2D eigenvalue weighted by atomic mass is 10.0. The molecule has 10 nitrogen and oxygen atoms in total. The zero-order valence-electron chi connectivity index (χ0n) is 23.6. The Bertz CT molecular complexity index is 1750. The molecule has 1 atom stereocenters. The molecule has 0 aliphatic carbocycles. The number of rotatable bonds is 10. The maximum Gasteiger partial charge on any atom is 0.322 e. The second-order valence-electron chi connectivity index (χ2n) is 9.65. The Morgan fingerprint density at radius 1 is 0.778 bits per heavy atom. The van der Waals surface area contributed by atoms with E-state index in [2.05, 4.69) is 19.9 Å². The van der Waals surface area contributed by atoms with Gasteiger partial charge < -0.3 is 20.5 Å². The summed E-state index contributed by atoms with van der Waals surface area (Å²) in [4.78, 5) is 33.5. The molecule has 0 spiro atoms. The van der Waals surface area contributed by atoms with Crippen molar-refractivity contribution in [2.75, 3.05) is 16.9 Å². The van der Waals surface area contributed by atoms with E-state index < -0.39 is 12.0 Å². The molecule has 5 rings (SSSR count). The van der Waals surface area contributed by atoms with Gasteiger partial charge >= 0.3 is 5.97 Å². The fraction of sp³-hybridized carbons (Fsp3) is 0.129. The Balaban J connectivity index is 1.73. The quantitative estimate of drug-likeness (QED) is 0.113. The topological polar surface area (TPSA) is 131 Å². The molecule has 0 aliphatic heterocycles. The van der Waals surface area contributed by atoms with Crippen molar-refractivity contribution in [3.8, 4) is 5.75 Å². The molecule has 3 N–H and O–H groups in total. The number of anilines is 5. The molecule has 4 aromatic heterocycles. The molecule has 0 bridgehead atoms. The van der Waals surface area contributed by atoms with Gasteiger partial charge in [0.15, 0.2) is 0 Å². The molecule has 14 heteroatoms. The van der Waals surface area contributed by atoms with Gasteiger partial charge in [-0.1, -0.05) is 76.7 Å². The van der Waals surface area contributed by atoms with Gasteiger partial charge in [0.1, 0.15) is 55.7 Å². The van der Waals surface area contributed by atoms with Crippen LogP contribution in [0.4, 0.5) is 29.0 Å². The first kappa shape index (κ1) is 32.2. The van der Waals surface area contributed by atoms with Gasteiger partial charge in [-0.15, -0.1) is 0 Å². The largest absolute Gasteiger partial charge is 0.505 e. The monoisotopic (exact) mass is 683 g/mol. The number of ether oxygens (including phenoxy) is 1. The number of hydrogen-bond acceptors (Lipinski definition) is 10. The minimum Gasteiger partial charge on any atom is -0.505 e. The van der Waals surface area contributed by atoms with Crippen molar-refractivity contribution >= 4 is 81.3 Å². The first-order chi connectivity index (χ1) is 21.6. The summed E-state index contributed by atoms with van der Waals surface area (Å²) in [7, 11) is 1.26. The second-order valence-corrected chi connectivity index (χ2v) is 11.2. The van der Waals surface area contributed by atoms with Crippen molar-refractivity contribution in [1.82, 2.24) is 19.9 Å². The zero-order chi connectivity index (χ0) is 32.1. The summed E-state index contributed by atoms with van der Waals surface area (Å²) >= 11 is 25.1. The standard InChI is InChI=1S/C31H25Cl4N7O3/c1-45-31(44)20(36)15-18-14-19(17-41(26-10-2-6-22(32)37-26)27-11-3-7-23(33)38-27)30(43)21(16-18)42(28-12-4-8-24(34)39-28)29-13-5-9-25(35)40-29/h2-14,16,20,43H,15,17,36H2,1H3. The van der Waals surface area contributed by atoms with Crippen molar-refractivity contribution in [3.05, 3.63) is 117 Å². The average Bonchev–Trinajstić information content (AvgIpc) is 3.01. The van der Waals surface area contributed by atoms with Crippen LogP contribution in [0, 0.1) is 0 Å². The van der Waals surface area contributed by atoms with E-state index in [1.54, 1.807) is 94.7 Å². The van der Waals surface area contributed by atoms with Crippen LogP contribution in [-0.2, 0) is 22.5 Å². The minimum absolute atomic E-state index is 0.0423. The maximum absolute atomic E-state index is 12.3. The highest BCUT2D eigenvalue weighted by Crippen LogP contribution is 2.42. The molecule has 0 saturated heterocycles. The lowest BCUT2D eigenvalue weighted by Gasteiger charge is -2.28. The molecule has 45 heavy (non-hydrogen) atoms. The third kappa shape index (κ3) is 7.73. The third-order valence-corrected chi connectivity index (χ3v) is 7.41. The molecule has 0 saturated carbocycles. The summed E-state index contributed by atoms with van der Waals surface area (Å²) in [5, 5.41) is 12.9. The number of aromatic hydroxyl groups is 1. The number of benzene rings is 1. The molecule has 0 amide bonds. The number of nitrogens with zero attached hydrogens (tertiary/aromatic N) is 6. The number of aromatic nitrogens is 4. The van der Waals surface area contributed by atoms with Gasteiger partial charge in [-0.05, 0) is 66.6 Å². The number of carbonyl (C=O) groups is 1. The van der Waals surface area contributed by atoms with Crippen LogP contribution >= 0.6 is 46.4 Å². The average molecular weight is 685 g/mol. The summed E-state index contributed by atoms with van der Waals surface area (Å²) in [6.45, 7) is 0.0423. The number of phenols is 1. The summed E-state index contributed by atoms with van der Waals surface area (Å²) < 4.78 is 4.86. The Morgan fingerprint density at radius 3 is 1.67 bits per heavy atom. The van der Waals surface area contributed by atoms with Crippen LogP contribution in [0.3, 0.4) is 0 Å². The van der Waals surface area contributed by atoms with Gasteiger partial charge in [0, 0.05) is 5.56 Å². The van der Waals surface area contributed by atoms with E-state index in [1.807, 2.05) is 0 Å². The highest BCUT2D eigenvalue weighted by Gasteiger charge is 2.26. The molecule has 1 aromatic carbocycles. The van der Waals surface area contributed by atoms with Crippen LogP contribution in [0.15, 0.2) is 84.9 Å². The Labute approximate surface area is 279 Å². The van der Waals surface area contributed by atoms with Crippen molar-refractivity contribution in [2.45, 2.75) is 19.0 Å². The predicted molar refractivity (Wildman–Crippen MR) is 176 cm³/mol. The van der Waals surface area contributed by atoms with Gasteiger partial charge in [0.2, 0.25) is 0 Å². The van der Waals surface area contributed by atoms with Crippen molar-refractivity contribution < 1.29 is 14.6 Å². The van der Waals surface area contributed by atoms with Crippen molar-refractivity contribution in [1.29, 1.82) is 0 Å². The molecule has 0 fully saturated rings. The number of hydrogen-bond donors (Lipinski definition) is 2. The van der Waals surface area contributed by atoms with E-state index in [-0.39, 0.29) is 45.0 Å². The number of carbonyl (C=O) groups excluding carboxylic acids is 1. The first-order valence-corrected chi connectivity index (χ1v) is 14.9. The van der Waals surface area contributed by atoms with Gasteiger partial charge in [-0.3, -0.25) is 9.69 Å². The molecule has 230 valence electrons. The fourth-order valence-electron chi connectivity index (χ4n) is 4.59. The molecule has 4 heterocycles. The van der Waals surface area contributed by atoms with E-state index in [1.165, 1.54) is 7.11 Å². The van der Waals surface area contributed by atoms with E-state index in [0.29, 0.717) is 34.4 Å². The van der Waals surface area contributed by atoms with Crippen LogP contribution in [0.5, 0.6) is 5.75 Å². The number of phenolic OH excluding ortho intramolecular Hbond substituents is 1. The van der Waals surface area contributed by atoms with Crippen molar-refractivity contribution in [2.24, 2.45) is 5.73 Å². The minimum atomic E-state index is -0.984. The molecule has 0 aliphatic rings. The smallest absolute Gasteiger partial charge is 0.322 e. The van der Waals surface area contributed by atoms with Crippen LogP contribution in [0.1, 0.15) is 11.1 Å². The SMILES string of the molecule is COC(=O)C(N)Cc1cc(CN(c2cccc(Cl)n2)c2cccc(Cl)n2)c(O)c(N(c2cccc(Cl)n2)c2cccc(Cl)n2)c1. The lowest BCUT2D eigenvalue weighted by Crippen LogP contribution is -2.33. The van der Waals surface area contributed by atoms with Crippen LogP contribution in [0.2, 0.25) is 20.6 Å². The summed E-state index contributed by atoms with van der Waals surface area (Å²) in [6, 6.07) is 22.8. The normalized spacial score (nSPS) is 11.6. The number of esters is 1. The van der Waals surface area contributed by atoms with Crippen molar-refractivity contribution in [3.63, 3.8) is 0 Å². The summed E-state index contributed by atoms with van der Waals surface area (Å²) in [6.07, 6.45) is 0.0809. The van der Waals surface area contributed by atoms with E-state index in [4.69, 9.17) is 56.9 Å². The first-order valence-electron chi connectivity index (χ1n) is 13.4. The third-order valence-electron chi connectivity index (χ3n) is 6.57. The summed E-state index contributed by atoms with van der Waals surface area (Å²) in [5.74, 6) is 0.849. The van der Waals surface area contributed by atoms with E-state index in [9.17, 15) is 9.90 Å². The Morgan fingerprint density at radius 2 is 1.22 bits per heavy atom. The Hall–Kier alpha value is -4.19. The highest BCUT2D eigenvalue weighted by atomic mass is 35.5. The van der Waals surface area contributed by atoms with Gasteiger partial charge in [0.05, 0.1) is 19.3 Å². The predicted octanol–water partition coefficient (Wildman–Crippen LogP) is 7.44. The van der Waals surface area contributed by atoms with Crippen LogP contribution in [-0.4, -0.2) is 44.2 Å². The van der Waals surface area contributed by atoms with E-state index in [0.717, 1.165) is 0 Å². The molecular formula is C31H25Cl4N7O3. The number of nitrogens with two attached hydrogens (primary N) is 1. The Kier molecular flexibility index (Phi) is 10.2. The highest BCUT2D eigenvalue weighted by molar-refractivity contribution is 6.30. The molecule has 0 radical (unpaired) electrons. The zero-order valence-corrected chi connectivity index (χ0v) is 26.6. The molecular weight excluding hydrogens is 660 g/mol. The lowest BCUT2D eigenvalue weighted by molar-refractivity contribution is -0.142. The number of methoxy groups -OCH3 is 1. The fourth-order valence-corrected chi connectivity index (χ4v) is 5.23. The van der Waals surface area contributed by atoms with Crippen LogP contribution < -0.4 is 15.5 Å². The van der Waals surface area contributed by atoms with Gasteiger partial charge in [0.25, 0.3) is 0 Å². The molecule has 1 unspecified atom stereocenters. The maximum atomic E-state index is 12.3. The van der Waals surface area contributed by atoms with Gasteiger partial charge in [-0.25, -0.2) is 19.9 Å². The van der Waals surface area contributed by atoms with Crippen LogP contribution in [0.25, 0.3) is 0 Å². The van der Waals surface area contributed by atoms with E-state index >= 15 is 0 Å². The summed E-state index contributed by atoms with van der Waals surface area (Å²) in [5.41, 5.74) is 7.46.